The Balaban J connectivity index is 1.54. The van der Waals surface area contributed by atoms with Crippen LogP contribution in [0.1, 0.15) is 18.9 Å². The van der Waals surface area contributed by atoms with Crippen LogP contribution in [0.25, 0.3) is 10.8 Å². The van der Waals surface area contributed by atoms with E-state index in [0.29, 0.717) is 24.7 Å². The van der Waals surface area contributed by atoms with Crippen LogP contribution >= 0.6 is 0 Å². The number of hydrogen-bond acceptors (Lipinski definition) is 4. The van der Waals surface area contributed by atoms with E-state index in [0.717, 1.165) is 28.5 Å². The van der Waals surface area contributed by atoms with Crippen molar-refractivity contribution in [1.82, 2.24) is 5.32 Å². The van der Waals surface area contributed by atoms with Gasteiger partial charge in [-0.25, -0.2) is 0 Å². The summed E-state index contributed by atoms with van der Waals surface area (Å²) < 4.78 is 16.5. The molecule has 0 aliphatic carbocycles. The monoisotopic (exact) mass is 379 g/mol. The third-order valence-electron chi connectivity index (χ3n) is 4.27. The molecule has 0 unspecified atom stereocenters. The highest BCUT2D eigenvalue weighted by Gasteiger charge is 2.08. The first-order chi connectivity index (χ1) is 13.7. The smallest absolute Gasteiger partial charge is 0.258 e. The topological polar surface area (TPSA) is 56.8 Å². The van der Waals surface area contributed by atoms with E-state index in [1.165, 1.54) is 0 Å². The van der Waals surface area contributed by atoms with E-state index in [1.54, 1.807) is 13.2 Å². The second kappa shape index (κ2) is 9.65. The molecule has 0 atom stereocenters. The lowest BCUT2D eigenvalue weighted by atomic mass is 10.1. The van der Waals surface area contributed by atoms with Crippen molar-refractivity contribution in [1.29, 1.82) is 0 Å². The molecule has 1 N–H and O–H groups in total. The number of rotatable bonds is 9. The van der Waals surface area contributed by atoms with Gasteiger partial charge in [-0.05, 0) is 53.1 Å². The summed E-state index contributed by atoms with van der Waals surface area (Å²) in [5.74, 6) is 1.88. The number of carbonyl (C=O) groups excluding carboxylic acids is 1. The van der Waals surface area contributed by atoms with Crippen LogP contribution in [-0.4, -0.2) is 26.2 Å². The molecule has 0 saturated carbocycles. The molecule has 1 amide bonds. The molecule has 0 aliphatic heterocycles. The molecule has 0 saturated heterocycles. The number of amides is 1. The second-order valence-electron chi connectivity index (χ2n) is 6.41. The maximum absolute atomic E-state index is 12.2. The van der Waals surface area contributed by atoms with Crippen LogP contribution < -0.4 is 19.5 Å². The van der Waals surface area contributed by atoms with Crippen LogP contribution in [0.15, 0.2) is 60.7 Å². The molecule has 3 aromatic carbocycles. The summed E-state index contributed by atoms with van der Waals surface area (Å²) in [5.41, 5.74) is 1.03. The largest absolute Gasteiger partial charge is 0.497 e. The highest BCUT2D eigenvalue weighted by molar-refractivity contribution is 5.84. The molecular formula is C23H25NO4. The van der Waals surface area contributed by atoms with Crippen LogP contribution in [0.3, 0.4) is 0 Å². The predicted molar refractivity (Wildman–Crippen MR) is 110 cm³/mol. The number of fused-ring (bicyclic) bond motifs is 1. The fourth-order valence-corrected chi connectivity index (χ4v) is 2.81. The molecule has 0 heterocycles. The van der Waals surface area contributed by atoms with Gasteiger partial charge in [0.25, 0.3) is 5.91 Å². The molecular weight excluding hydrogens is 354 g/mol. The van der Waals surface area contributed by atoms with Crippen LogP contribution in [0.5, 0.6) is 17.2 Å². The average Bonchev–Trinajstić information content (AvgIpc) is 2.74. The standard InChI is InChI=1S/C23H25NO4/c1-3-12-27-21-6-4-5-7-22(21)28-16-23(25)24-15-17-8-9-19-14-20(26-2)11-10-18(19)13-17/h4-11,13-14H,3,12,15-16H2,1-2H3,(H,24,25). The van der Waals surface area contributed by atoms with Gasteiger partial charge in [-0.15, -0.1) is 0 Å². The first-order valence-electron chi connectivity index (χ1n) is 9.37. The summed E-state index contributed by atoms with van der Waals surface area (Å²) in [4.78, 5) is 12.2. The van der Waals surface area contributed by atoms with Crippen LogP contribution in [0.2, 0.25) is 0 Å². The van der Waals surface area contributed by atoms with Crippen molar-refractivity contribution in [2.75, 3.05) is 20.3 Å². The maximum atomic E-state index is 12.2. The van der Waals surface area contributed by atoms with E-state index in [1.807, 2.05) is 55.5 Å². The van der Waals surface area contributed by atoms with Crippen molar-refractivity contribution in [2.24, 2.45) is 0 Å². The van der Waals surface area contributed by atoms with Crippen LogP contribution in [0.4, 0.5) is 0 Å². The van der Waals surface area contributed by atoms with E-state index in [2.05, 4.69) is 11.4 Å². The summed E-state index contributed by atoms with van der Waals surface area (Å²) in [7, 11) is 1.65. The molecule has 0 aliphatic rings. The zero-order valence-electron chi connectivity index (χ0n) is 16.2. The Bertz CT molecular complexity index is 939. The van der Waals surface area contributed by atoms with Gasteiger partial charge in [0.2, 0.25) is 0 Å². The summed E-state index contributed by atoms with van der Waals surface area (Å²) in [6, 6.07) is 19.4. The van der Waals surface area contributed by atoms with Crippen LogP contribution in [0, 0.1) is 0 Å². The van der Waals surface area contributed by atoms with Crippen molar-refractivity contribution in [3.63, 3.8) is 0 Å². The molecule has 0 aromatic heterocycles. The van der Waals surface area contributed by atoms with Gasteiger partial charge in [0.15, 0.2) is 18.1 Å². The number of carbonyl (C=O) groups is 1. The third-order valence-corrected chi connectivity index (χ3v) is 4.27. The first kappa shape index (κ1) is 19.5. The first-order valence-corrected chi connectivity index (χ1v) is 9.37. The molecule has 0 radical (unpaired) electrons. The van der Waals surface area contributed by atoms with Gasteiger partial charge < -0.3 is 19.5 Å². The number of nitrogens with one attached hydrogen (secondary N) is 1. The van der Waals surface area contributed by atoms with Gasteiger partial charge in [-0.3, -0.25) is 4.79 Å². The van der Waals surface area contributed by atoms with E-state index in [-0.39, 0.29) is 12.5 Å². The number of methoxy groups -OCH3 is 1. The van der Waals surface area contributed by atoms with Gasteiger partial charge in [-0.2, -0.15) is 0 Å². The third kappa shape index (κ3) is 5.16. The minimum atomic E-state index is -0.180. The Hall–Kier alpha value is -3.21. The number of para-hydroxylation sites is 2. The van der Waals surface area contributed by atoms with Gasteiger partial charge in [0.1, 0.15) is 5.75 Å². The molecule has 28 heavy (non-hydrogen) atoms. The molecule has 0 fully saturated rings. The minimum absolute atomic E-state index is 0.0583. The Labute approximate surface area is 165 Å². The molecule has 3 aromatic rings. The Morgan fingerprint density at radius 3 is 2.39 bits per heavy atom. The fraction of sp³-hybridized carbons (Fsp3) is 0.261. The van der Waals surface area contributed by atoms with Crippen LogP contribution in [-0.2, 0) is 11.3 Å². The second-order valence-corrected chi connectivity index (χ2v) is 6.41. The molecule has 0 spiro atoms. The number of benzene rings is 3. The quantitative estimate of drug-likeness (QED) is 0.601. The van der Waals surface area contributed by atoms with Gasteiger partial charge in [0, 0.05) is 6.54 Å². The van der Waals surface area contributed by atoms with Gasteiger partial charge in [0.05, 0.1) is 13.7 Å². The molecule has 3 rings (SSSR count). The van der Waals surface area contributed by atoms with Crippen molar-refractivity contribution >= 4 is 16.7 Å². The van der Waals surface area contributed by atoms with E-state index < -0.39 is 0 Å². The lowest BCUT2D eigenvalue weighted by Gasteiger charge is -2.12. The summed E-state index contributed by atoms with van der Waals surface area (Å²) in [5, 5.41) is 5.09. The van der Waals surface area contributed by atoms with E-state index >= 15 is 0 Å². The van der Waals surface area contributed by atoms with Crippen molar-refractivity contribution in [3.8, 4) is 17.2 Å². The summed E-state index contributed by atoms with van der Waals surface area (Å²) in [6.45, 7) is 3.04. The highest BCUT2D eigenvalue weighted by Crippen LogP contribution is 2.26. The Kier molecular flexibility index (Phi) is 6.73. The van der Waals surface area contributed by atoms with Crippen molar-refractivity contribution in [2.45, 2.75) is 19.9 Å². The zero-order chi connectivity index (χ0) is 19.8. The summed E-state index contributed by atoms with van der Waals surface area (Å²) in [6.07, 6.45) is 0.910. The van der Waals surface area contributed by atoms with Gasteiger partial charge in [-0.1, -0.05) is 37.3 Å². The average molecular weight is 379 g/mol. The molecule has 5 nitrogen and oxygen atoms in total. The van der Waals surface area contributed by atoms with Gasteiger partial charge >= 0.3 is 0 Å². The Morgan fingerprint density at radius 2 is 1.64 bits per heavy atom. The lowest BCUT2D eigenvalue weighted by Crippen LogP contribution is -2.28. The molecule has 146 valence electrons. The molecule has 5 heteroatoms. The number of ether oxygens (including phenoxy) is 3. The normalized spacial score (nSPS) is 10.5. The van der Waals surface area contributed by atoms with E-state index in [4.69, 9.17) is 14.2 Å². The molecule has 0 bridgehead atoms. The van der Waals surface area contributed by atoms with E-state index in [9.17, 15) is 4.79 Å². The number of hydrogen-bond donors (Lipinski definition) is 1. The van der Waals surface area contributed by atoms with Crippen molar-refractivity contribution < 1.29 is 19.0 Å². The maximum Gasteiger partial charge on any atom is 0.258 e. The Morgan fingerprint density at radius 1 is 0.929 bits per heavy atom. The SMILES string of the molecule is CCCOc1ccccc1OCC(=O)NCc1ccc2cc(OC)ccc2c1. The van der Waals surface area contributed by atoms with Crippen molar-refractivity contribution in [3.05, 3.63) is 66.2 Å². The summed E-state index contributed by atoms with van der Waals surface area (Å²) >= 11 is 0. The fourth-order valence-electron chi connectivity index (χ4n) is 2.81. The minimum Gasteiger partial charge on any atom is -0.497 e. The highest BCUT2D eigenvalue weighted by atomic mass is 16.5. The lowest BCUT2D eigenvalue weighted by molar-refractivity contribution is -0.123. The zero-order valence-corrected chi connectivity index (χ0v) is 16.2. The predicted octanol–water partition coefficient (Wildman–Crippen LogP) is 4.33.